The van der Waals surface area contributed by atoms with Crippen LogP contribution in [0.2, 0.25) is 15.1 Å². The van der Waals surface area contributed by atoms with E-state index < -0.39 is 41.0 Å². The first-order valence-electron chi connectivity index (χ1n) is 30.0. The van der Waals surface area contributed by atoms with Crippen molar-refractivity contribution in [1.82, 2.24) is 0 Å². The Balaban J connectivity index is 0.000000157. The summed E-state index contributed by atoms with van der Waals surface area (Å²) >= 11 is 19.0. The predicted octanol–water partition coefficient (Wildman–Crippen LogP) is 15.1. The van der Waals surface area contributed by atoms with Gasteiger partial charge in [-0.05, 0) is 163 Å². The second-order valence-electron chi connectivity index (χ2n) is 23.3. The summed E-state index contributed by atoms with van der Waals surface area (Å²) in [6.45, 7) is 6.97. The van der Waals surface area contributed by atoms with Crippen molar-refractivity contribution in [2.24, 2.45) is 23.1 Å². The van der Waals surface area contributed by atoms with E-state index in [-0.39, 0.29) is 83.4 Å². The van der Waals surface area contributed by atoms with Crippen LogP contribution in [-0.4, -0.2) is 61.2 Å². The number of anilines is 3. The molecule has 8 aromatic carbocycles. The zero-order valence-electron chi connectivity index (χ0n) is 51.6. The van der Waals surface area contributed by atoms with Gasteiger partial charge in [-0.1, -0.05) is 84.2 Å². The quantitative estimate of drug-likeness (QED) is 0.0820. The molecule has 23 heteroatoms. The molecule has 12 rings (SSSR count). The average molecular weight is 1360 g/mol. The number of nitrogens with zero attached hydrogens (tertiary/aromatic N) is 4. The number of nitrogens with two attached hydrogens (primary N) is 3. The lowest BCUT2D eigenvalue weighted by Crippen LogP contribution is -2.27. The fourth-order valence-electron chi connectivity index (χ4n) is 11.6. The molecule has 0 saturated carbocycles. The number of amides is 6. The number of primary amides is 3. The van der Waals surface area contributed by atoms with Gasteiger partial charge in [-0.25, -0.2) is 17.6 Å². The predicted molar refractivity (Wildman–Crippen MR) is 357 cm³/mol. The molecule has 96 heavy (non-hydrogen) atoms. The fourth-order valence-corrected chi connectivity index (χ4v) is 12.1. The Kier molecular flexibility index (Phi) is 21.0. The van der Waals surface area contributed by atoms with Crippen LogP contribution in [0.4, 0.5) is 34.6 Å². The highest BCUT2D eigenvalue weighted by Crippen LogP contribution is 2.42. The molecular formula is C73H60Cl3F4N7O9. The van der Waals surface area contributed by atoms with E-state index >= 15 is 0 Å². The molecule has 0 spiro atoms. The van der Waals surface area contributed by atoms with Crippen molar-refractivity contribution in [2.45, 2.75) is 63.9 Å². The number of benzene rings is 8. The van der Waals surface area contributed by atoms with Crippen LogP contribution in [0, 0.1) is 47.4 Å². The SMILES string of the molecule is CC1=CC=CC(C)C1Oc1cc([C@H]2CC(=O)N(c3ccc(F)c(C(N)=O)c3)C2)ccc1Cl.Cc1ccc(F)cc1Oc1cc([C@H]2CC(=O)N(c3ccc(F)c(C(N)=O)c3)C2)ccc1Cl.N#Cc1ccc(Oc2cc([C@H]3CC(=O)N(c4ccc(F)c(C(N)=O)c4)C3)ccc2Cl)cc1. The van der Waals surface area contributed by atoms with Crippen molar-refractivity contribution < 1.29 is 60.5 Å². The molecule has 3 saturated heterocycles. The first kappa shape index (κ1) is 68.4. The molecule has 6 N–H and O–H groups in total. The van der Waals surface area contributed by atoms with E-state index in [0.717, 1.165) is 46.0 Å². The summed E-state index contributed by atoms with van der Waals surface area (Å²) in [5, 5.41) is 10.2. The molecule has 3 fully saturated rings. The van der Waals surface area contributed by atoms with Crippen LogP contribution >= 0.6 is 34.8 Å². The van der Waals surface area contributed by atoms with Crippen LogP contribution in [0.1, 0.15) is 110 Å². The number of carbonyl (C=O) groups excluding carboxylic acids is 6. The second-order valence-corrected chi connectivity index (χ2v) is 24.5. The number of allylic oxidation sites excluding steroid dienone is 2. The van der Waals surface area contributed by atoms with E-state index in [0.29, 0.717) is 86.1 Å². The van der Waals surface area contributed by atoms with Crippen molar-refractivity contribution in [3.8, 4) is 34.8 Å². The highest BCUT2D eigenvalue weighted by molar-refractivity contribution is 6.32. The molecule has 4 aliphatic rings. The van der Waals surface area contributed by atoms with Gasteiger partial charge < -0.3 is 46.1 Å². The van der Waals surface area contributed by atoms with Crippen molar-refractivity contribution >= 4 is 87.3 Å². The molecule has 0 aromatic heterocycles. The topological polar surface area (TPSA) is 242 Å². The third kappa shape index (κ3) is 15.7. The number of hydrogen-bond acceptors (Lipinski definition) is 10. The van der Waals surface area contributed by atoms with Crippen molar-refractivity contribution in [3.05, 3.63) is 258 Å². The first-order valence-corrected chi connectivity index (χ1v) is 31.2. The summed E-state index contributed by atoms with van der Waals surface area (Å²) in [5.74, 6) is -3.70. The van der Waals surface area contributed by atoms with Crippen LogP contribution in [-0.2, 0) is 14.4 Å². The Bertz CT molecular complexity index is 4530. The highest BCUT2D eigenvalue weighted by atomic mass is 35.5. The average Bonchev–Trinajstić information content (AvgIpc) is 1.63. The van der Waals surface area contributed by atoms with E-state index in [1.807, 2.05) is 43.3 Å². The van der Waals surface area contributed by atoms with Crippen LogP contribution < -0.4 is 46.1 Å². The Morgan fingerprint density at radius 2 is 0.917 bits per heavy atom. The van der Waals surface area contributed by atoms with Gasteiger partial charge in [-0.15, -0.1) is 0 Å². The monoisotopic (exact) mass is 1360 g/mol. The van der Waals surface area contributed by atoms with Gasteiger partial charge in [-0.2, -0.15) is 5.26 Å². The van der Waals surface area contributed by atoms with Crippen molar-refractivity contribution in [1.29, 1.82) is 5.26 Å². The smallest absolute Gasteiger partial charge is 0.251 e. The standard InChI is InChI=1S/C25H24ClFN2O3.C24H19ClF2N2O3.C24H17ClFN3O3/c1-14-4-3-5-15(2)24(14)32-22-10-16(6-8-20(22)26)17-11-23(30)29(13-17)18-7-9-21(27)19(12-18)25(28)31;1-13-2-4-16(26)10-21(13)32-22-8-14(3-6-19(22)25)15-9-23(30)29(12-15)17-5-7-20(27)18(11-17)24(28)31;25-20-7-3-15(9-22(20)32-18-5-1-14(12-27)2-6-18)16-10-23(30)29(13-16)17-4-8-21(26)19(11-17)24(28)31/h3-10,12,14,17,24H,11,13H2,1-2H3,(H2,28,31);2-8,10-11,15H,9,12H2,1H3,(H2,28,31);1-9,11,16H,10,13H2,(H2,28,31)/t14?,17-,24?;15-;16-/m000/s1. The number of hydrogen-bond donors (Lipinski definition) is 3. The maximum absolute atomic E-state index is 13.8. The lowest BCUT2D eigenvalue weighted by Gasteiger charge is -2.27. The minimum Gasteiger partial charge on any atom is -0.484 e. The third-order valence-corrected chi connectivity index (χ3v) is 17.7. The van der Waals surface area contributed by atoms with Gasteiger partial charge in [0.1, 0.15) is 58.1 Å². The minimum absolute atomic E-state index is 0.0930. The van der Waals surface area contributed by atoms with Gasteiger partial charge >= 0.3 is 0 Å². The lowest BCUT2D eigenvalue weighted by molar-refractivity contribution is -0.118. The fraction of sp³-hybridized carbons (Fsp3) is 0.192. The molecule has 490 valence electrons. The summed E-state index contributed by atoms with van der Waals surface area (Å²) in [6, 6.07) is 40.6. The molecule has 16 nitrogen and oxygen atoms in total. The summed E-state index contributed by atoms with van der Waals surface area (Å²) in [6.07, 6.45) is 6.76. The third-order valence-electron chi connectivity index (χ3n) is 16.8. The molecule has 3 aliphatic heterocycles. The lowest BCUT2D eigenvalue weighted by atomic mass is 9.93. The van der Waals surface area contributed by atoms with Crippen molar-refractivity contribution in [3.63, 3.8) is 0 Å². The number of rotatable bonds is 15. The van der Waals surface area contributed by atoms with Crippen LogP contribution in [0.15, 0.2) is 175 Å². The van der Waals surface area contributed by atoms with E-state index in [4.69, 9.17) is 71.5 Å². The maximum Gasteiger partial charge on any atom is 0.251 e. The molecule has 0 radical (unpaired) electrons. The van der Waals surface area contributed by atoms with Crippen LogP contribution in [0.25, 0.3) is 0 Å². The zero-order chi connectivity index (χ0) is 68.8. The Morgan fingerprint density at radius 1 is 0.510 bits per heavy atom. The number of carbonyl (C=O) groups is 6. The van der Waals surface area contributed by atoms with Gasteiger partial charge in [0.05, 0.1) is 43.4 Å². The van der Waals surface area contributed by atoms with E-state index in [1.54, 1.807) is 78.6 Å². The normalized spacial score (nSPS) is 18.0. The number of ether oxygens (including phenoxy) is 3. The molecule has 8 aromatic rings. The Labute approximate surface area is 564 Å². The van der Waals surface area contributed by atoms with Gasteiger partial charge in [0.2, 0.25) is 17.7 Å². The van der Waals surface area contributed by atoms with Crippen LogP contribution in [0.5, 0.6) is 28.7 Å². The molecule has 1 aliphatic carbocycles. The molecule has 2 unspecified atom stereocenters. The molecule has 3 heterocycles. The van der Waals surface area contributed by atoms with Gasteiger partial charge in [0, 0.05) is 85.7 Å². The summed E-state index contributed by atoms with van der Waals surface area (Å²) in [5.41, 5.74) is 21.1. The van der Waals surface area contributed by atoms with Crippen molar-refractivity contribution in [2.75, 3.05) is 34.3 Å². The number of halogens is 7. The largest absolute Gasteiger partial charge is 0.484 e. The summed E-state index contributed by atoms with van der Waals surface area (Å²) < 4.78 is 73.0. The Hall–Kier alpha value is -10.5. The van der Waals surface area contributed by atoms with E-state index in [1.165, 1.54) is 58.3 Å². The zero-order valence-corrected chi connectivity index (χ0v) is 53.9. The molecular weight excluding hydrogens is 1300 g/mol. The van der Waals surface area contributed by atoms with Gasteiger partial charge in [-0.3, -0.25) is 28.8 Å². The minimum atomic E-state index is -0.903. The van der Waals surface area contributed by atoms with Gasteiger partial charge in [0.25, 0.3) is 17.7 Å². The van der Waals surface area contributed by atoms with E-state index in [2.05, 4.69) is 13.0 Å². The summed E-state index contributed by atoms with van der Waals surface area (Å²) in [7, 11) is 0. The second kappa shape index (κ2) is 29.5. The number of aryl methyl sites for hydroxylation is 1. The molecule has 6 amide bonds. The first-order chi connectivity index (χ1) is 45.8. The maximum atomic E-state index is 13.8. The molecule has 5 atom stereocenters. The highest BCUT2D eigenvalue weighted by Gasteiger charge is 2.36. The molecule has 0 bridgehead atoms. The number of nitriles is 1. The summed E-state index contributed by atoms with van der Waals surface area (Å²) in [4.78, 5) is 77.0. The van der Waals surface area contributed by atoms with Crippen LogP contribution in [0.3, 0.4) is 0 Å². The van der Waals surface area contributed by atoms with Gasteiger partial charge in [0.15, 0.2) is 0 Å². The Morgan fingerprint density at radius 3 is 1.32 bits per heavy atom. The van der Waals surface area contributed by atoms with E-state index in [9.17, 15) is 46.3 Å².